The lowest BCUT2D eigenvalue weighted by molar-refractivity contribution is -0.384. The number of hydrogen-bond donors (Lipinski definition) is 0. The van der Waals surface area contributed by atoms with Gasteiger partial charge < -0.3 is 14.4 Å². The predicted octanol–water partition coefficient (Wildman–Crippen LogP) is 2.32. The Balaban J connectivity index is 1.35. The first-order chi connectivity index (χ1) is 13.6. The zero-order valence-electron chi connectivity index (χ0n) is 15.4. The first-order valence-electron chi connectivity index (χ1n) is 9.25. The zero-order valence-corrected chi connectivity index (χ0v) is 15.4. The molecule has 2 aromatic rings. The van der Waals surface area contributed by atoms with Crippen LogP contribution in [0.5, 0.6) is 11.5 Å². The number of nitro benzene ring substituents is 1. The van der Waals surface area contributed by atoms with E-state index in [0.29, 0.717) is 31.9 Å². The number of nitro groups is 1. The van der Waals surface area contributed by atoms with Gasteiger partial charge in [0.25, 0.3) is 11.6 Å². The largest absolute Gasteiger partial charge is 0.486 e. The molecule has 0 atom stereocenters. The fourth-order valence-electron chi connectivity index (χ4n) is 3.49. The molecule has 0 aliphatic carbocycles. The van der Waals surface area contributed by atoms with Crippen molar-refractivity contribution in [2.24, 2.45) is 0 Å². The van der Waals surface area contributed by atoms with Crippen LogP contribution in [-0.4, -0.2) is 60.0 Å². The Labute approximate surface area is 162 Å². The Kier molecular flexibility index (Phi) is 5.12. The van der Waals surface area contributed by atoms with Crippen molar-refractivity contribution in [2.45, 2.75) is 6.54 Å². The lowest BCUT2D eigenvalue weighted by Gasteiger charge is -2.35. The van der Waals surface area contributed by atoms with Crippen LogP contribution < -0.4 is 9.47 Å². The molecule has 28 heavy (non-hydrogen) atoms. The number of ether oxygens (including phenoxy) is 2. The molecule has 0 unspecified atom stereocenters. The van der Waals surface area contributed by atoms with Crippen molar-refractivity contribution in [2.75, 3.05) is 39.4 Å². The van der Waals surface area contributed by atoms with Gasteiger partial charge in [-0.1, -0.05) is 12.1 Å². The second-order valence-corrected chi connectivity index (χ2v) is 6.85. The Morgan fingerprint density at radius 2 is 1.75 bits per heavy atom. The Morgan fingerprint density at radius 3 is 2.50 bits per heavy atom. The van der Waals surface area contributed by atoms with Crippen LogP contribution in [0.15, 0.2) is 42.5 Å². The molecular weight excluding hydrogens is 362 g/mol. The molecule has 2 aliphatic heterocycles. The van der Waals surface area contributed by atoms with E-state index in [1.54, 1.807) is 17.0 Å². The highest BCUT2D eigenvalue weighted by atomic mass is 16.6. The van der Waals surface area contributed by atoms with E-state index in [1.807, 2.05) is 18.2 Å². The molecule has 0 spiro atoms. The minimum Gasteiger partial charge on any atom is -0.486 e. The Hall–Kier alpha value is -3.13. The van der Waals surface area contributed by atoms with Gasteiger partial charge in [-0.25, -0.2) is 0 Å². The van der Waals surface area contributed by atoms with Crippen LogP contribution in [-0.2, 0) is 6.54 Å². The molecule has 8 nitrogen and oxygen atoms in total. The summed E-state index contributed by atoms with van der Waals surface area (Å²) in [5, 5.41) is 10.9. The van der Waals surface area contributed by atoms with Crippen LogP contribution in [0.4, 0.5) is 5.69 Å². The molecule has 146 valence electrons. The monoisotopic (exact) mass is 383 g/mol. The van der Waals surface area contributed by atoms with Gasteiger partial charge in [0.2, 0.25) is 0 Å². The third kappa shape index (κ3) is 3.91. The maximum atomic E-state index is 12.7. The number of nitrogens with zero attached hydrogens (tertiary/aromatic N) is 3. The molecule has 1 fully saturated rings. The summed E-state index contributed by atoms with van der Waals surface area (Å²) in [5.41, 5.74) is 1.43. The van der Waals surface area contributed by atoms with Gasteiger partial charge in [0.15, 0.2) is 11.5 Å². The minimum absolute atomic E-state index is 0.0666. The highest BCUT2D eigenvalue weighted by molar-refractivity contribution is 5.94. The van der Waals surface area contributed by atoms with Crippen LogP contribution >= 0.6 is 0 Å². The molecule has 0 radical (unpaired) electrons. The van der Waals surface area contributed by atoms with E-state index in [1.165, 1.54) is 12.1 Å². The van der Waals surface area contributed by atoms with E-state index < -0.39 is 4.92 Å². The smallest absolute Gasteiger partial charge is 0.270 e. The van der Waals surface area contributed by atoms with Crippen LogP contribution in [0.3, 0.4) is 0 Å². The summed E-state index contributed by atoms with van der Waals surface area (Å²) in [6, 6.07) is 11.9. The summed E-state index contributed by atoms with van der Waals surface area (Å²) in [5.74, 6) is 1.40. The second kappa shape index (κ2) is 7.85. The number of rotatable bonds is 4. The summed E-state index contributed by atoms with van der Waals surface area (Å²) in [7, 11) is 0. The first-order valence-corrected chi connectivity index (χ1v) is 9.25. The summed E-state index contributed by atoms with van der Waals surface area (Å²) in [6.07, 6.45) is 0. The molecule has 0 saturated carbocycles. The van der Waals surface area contributed by atoms with E-state index in [-0.39, 0.29) is 11.6 Å². The lowest BCUT2D eigenvalue weighted by Crippen LogP contribution is -2.48. The fourth-order valence-corrected chi connectivity index (χ4v) is 3.49. The normalized spacial score (nSPS) is 16.6. The van der Waals surface area contributed by atoms with Crippen molar-refractivity contribution in [3.05, 3.63) is 63.7 Å². The van der Waals surface area contributed by atoms with Gasteiger partial charge in [-0.3, -0.25) is 19.8 Å². The van der Waals surface area contributed by atoms with Crippen LogP contribution in [0.25, 0.3) is 0 Å². The molecule has 2 aliphatic rings. The molecule has 2 aromatic carbocycles. The van der Waals surface area contributed by atoms with Gasteiger partial charge in [0.1, 0.15) is 13.2 Å². The van der Waals surface area contributed by atoms with E-state index in [4.69, 9.17) is 9.47 Å². The number of piperazine rings is 1. The zero-order chi connectivity index (χ0) is 19.5. The van der Waals surface area contributed by atoms with Gasteiger partial charge in [0, 0.05) is 50.4 Å². The number of fused-ring (bicyclic) bond motifs is 1. The average Bonchev–Trinajstić information content (AvgIpc) is 2.74. The maximum absolute atomic E-state index is 12.7. The molecule has 8 heteroatoms. The van der Waals surface area contributed by atoms with Crippen molar-refractivity contribution >= 4 is 11.6 Å². The minimum atomic E-state index is -0.484. The average molecular weight is 383 g/mol. The van der Waals surface area contributed by atoms with Crippen molar-refractivity contribution in [1.29, 1.82) is 0 Å². The Bertz CT molecular complexity index is 893. The van der Waals surface area contributed by atoms with Crippen molar-refractivity contribution in [1.82, 2.24) is 9.80 Å². The van der Waals surface area contributed by atoms with Gasteiger partial charge in [-0.05, 0) is 23.8 Å². The molecule has 4 rings (SSSR count). The highest BCUT2D eigenvalue weighted by Gasteiger charge is 2.23. The number of benzene rings is 2. The Morgan fingerprint density at radius 1 is 1.00 bits per heavy atom. The lowest BCUT2D eigenvalue weighted by atomic mass is 10.1. The third-order valence-corrected chi connectivity index (χ3v) is 4.98. The number of carbonyl (C=O) groups is 1. The number of amides is 1. The van der Waals surface area contributed by atoms with Crippen molar-refractivity contribution in [3.8, 4) is 11.5 Å². The SMILES string of the molecule is O=C(c1cccc([N+](=O)[O-])c1)N1CCN(Cc2ccc3c(c2)OCCO3)CC1. The van der Waals surface area contributed by atoms with Crippen LogP contribution in [0.2, 0.25) is 0 Å². The number of carbonyl (C=O) groups excluding carboxylic acids is 1. The highest BCUT2D eigenvalue weighted by Crippen LogP contribution is 2.31. The molecule has 0 N–H and O–H groups in total. The van der Waals surface area contributed by atoms with Crippen LogP contribution in [0.1, 0.15) is 15.9 Å². The van der Waals surface area contributed by atoms with Crippen molar-refractivity contribution in [3.63, 3.8) is 0 Å². The standard InChI is InChI=1S/C20H21N3O5/c24-20(16-2-1-3-17(13-16)23(25)26)22-8-6-21(7-9-22)14-15-4-5-18-19(12-15)28-11-10-27-18/h1-5,12-13H,6-11,14H2. The molecule has 2 heterocycles. The maximum Gasteiger partial charge on any atom is 0.270 e. The summed E-state index contributed by atoms with van der Waals surface area (Å²) in [6.45, 7) is 4.58. The fraction of sp³-hybridized carbons (Fsp3) is 0.350. The molecule has 1 saturated heterocycles. The van der Waals surface area contributed by atoms with Crippen LogP contribution in [0, 0.1) is 10.1 Å². The summed E-state index contributed by atoms with van der Waals surface area (Å²) in [4.78, 5) is 27.1. The van der Waals surface area contributed by atoms with E-state index in [2.05, 4.69) is 4.90 Å². The van der Waals surface area contributed by atoms with Gasteiger partial charge in [-0.15, -0.1) is 0 Å². The van der Waals surface area contributed by atoms with E-state index >= 15 is 0 Å². The molecule has 1 amide bonds. The molecule has 0 aromatic heterocycles. The summed E-state index contributed by atoms with van der Waals surface area (Å²) < 4.78 is 11.2. The molecule has 0 bridgehead atoms. The quantitative estimate of drug-likeness (QED) is 0.595. The van der Waals surface area contributed by atoms with Gasteiger partial charge >= 0.3 is 0 Å². The van der Waals surface area contributed by atoms with Gasteiger partial charge in [0.05, 0.1) is 4.92 Å². The molecular formula is C20H21N3O5. The summed E-state index contributed by atoms with van der Waals surface area (Å²) >= 11 is 0. The second-order valence-electron chi connectivity index (χ2n) is 6.85. The van der Waals surface area contributed by atoms with E-state index in [9.17, 15) is 14.9 Å². The van der Waals surface area contributed by atoms with Crippen molar-refractivity contribution < 1.29 is 19.2 Å². The predicted molar refractivity (Wildman–Crippen MR) is 102 cm³/mol. The van der Waals surface area contributed by atoms with Gasteiger partial charge in [-0.2, -0.15) is 0 Å². The number of hydrogen-bond acceptors (Lipinski definition) is 6. The number of non-ortho nitro benzene ring substituents is 1. The van der Waals surface area contributed by atoms with E-state index in [0.717, 1.165) is 36.7 Å². The topological polar surface area (TPSA) is 85.2 Å². The first kappa shape index (κ1) is 18.2. The third-order valence-electron chi connectivity index (χ3n) is 4.98.